The number of fused-ring (bicyclic) bond motifs is 2. The average molecular weight is 597 g/mol. The van der Waals surface area contributed by atoms with Crippen LogP contribution in [-0.2, 0) is 27.7 Å². The van der Waals surface area contributed by atoms with Crippen LogP contribution in [0.3, 0.4) is 0 Å². The van der Waals surface area contributed by atoms with Crippen molar-refractivity contribution in [2.24, 2.45) is 0 Å². The number of para-hydroxylation sites is 1. The summed E-state index contributed by atoms with van der Waals surface area (Å²) in [6, 6.07) is 14.0. The second kappa shape index (κ2) is 10.9. The van der Waals surface area contributed by atoms with Crippen molar-refractivity contribution in [3.63, 3.8) is 0 Å². The summed E-state index contributed by atoms with van der Waals surface area (Å²) in [5.41, 5.74) is 3.19. The van der Waals surface area contributed by atoms with Gasteiger partial charge in [-0.05, 0) is 61.2 Å². The Balaban J connectivity index is 1.31. The molecule has 2 amide bonds. The van der Waals surface area contributed by atoms with Crippen LogP contribution in [0.25, 0.3) is 20.8 Å². The number of nitrogens with one attached hydrogen (secondary N) is 1. The van der Waals surface area contributed by atoms with Crippen molar-refractivity contribution in [1.82, 2.24) is 14.2 Å². The molecule has 0 atom stereocenters. The molecule has 0 radical (unpaired) electrons. The van der Waals surface area contributed by atoms with Crippen LogP contribution in [0.5, 0.6) is 0 Å². The number of benzene rings is 2. The average Bonchev–Trinajstić information content (AvgIpc) is 3.57. The second-order valence-corrected chi connectivity index (χ2v) is 13.9. The predicted molar refractivity (Wildman–Crippen MR) is 156 cm³/mol. The number of thiophene rings is 1. The van der Waals surface area contributed by atoms with Crippen molar-refractivity contribution in [3.05, 3.63) is 64.5 Å². The van der Waals surface area contributed by atoms with Gasteiger partial charge < -0.3 is 15.0 Å². The first-order chi connectivity index (χ1) is 19.3. The maximum atomic E-state index is 13.4. The van der Waals surface area contributed by atoms with E-state index < -0.39 is 10.0 Å². The van der Waals surface area contributed by atoms with Gasteiger partial charge in [-0.2, -0.15) is 4.31 Å². The first-order valence-electron chi connectivity index (χ1n) is 13.1. The van der Waals surface area contributed by atoms with Gasteiger partial charge in [-0.15, -0.1) is 22.7 Å². The van der Waals surface area contributed by atoms with E-state index in [1.54, 1.807) is 28.4 Å². The molecule has 6 rings (SSSR count). The molecule has 12 heteroatoms. The number of sulfonamides is 1. The van der Waals surface area contributed by atoms with E-state index in [4.69, 9.17) is 9.72 Å². The zero-order chi connectivity index (χ0) is 27.9. The van der Waals surface area contributed by atoms with Gasteiger partial charge in [0.05, 0.1) is 28.8 Å². The molecule has 1 fully saturated rings. The number of aromatic nitrogens is 1. The lowest BCUT2D eigenvalue weighted by Gasteiger charge is -2.25. The van der Waals surface area contributed by atoms with E-state index in [0.717, 1.165) is 50.5 Å². The quantitative estimate of drug-likeness (QED) is 0.322. The molecule has 0 unspecified atom stereocenters. The van der Waals surface area contributed by atoms with Gasteiger partial charge in [0.25, 0.3) is 5.91 Å². The molecule has 1 N–H and O–H groups in total. The van der Waals surface area contributed by atoms with Crippen molar-refractivity contribution >= 4 is 59.9 Å². The second-order valence-electron chi connectivity index (χ2n) is 9.78. The molecular formula is C28H28N4O5S3. The van der Waals surface area contributed by atoms with E-state index in [1.165, 1.54) is 34.9 Å². The van der Waals surface area contributed by atoms with Crippen molar-refractivity contribution in [2.45, 2.75) is 37.1 Å². The number of ether oxygens (including phenoxy) is 1. The lowest BCUT2D eigenvalue weighted by molar-refractivity contribution is 0.102. The molecule has 0 aliphatic carbocycles. The lowest BCUT2D eigenvalue weighted by atomic mass is 10.0. The van der Waals surface area contributed by atoms with Gasteiger partial charge >= 0.3 is 6.09 Å². The molecule has 1 saturated heterocycles. The number of hydrogen-bond acceptors (Lipinski definition) is 8. The fourth-order valence-corrected chi connectivity index (χ4v) is 9.08. The Labute approximate surface area is 240 Å². The third-order valence-corrected chi connectivity index (χ3v) is 11.4. The summed E-state index contributed by atoms with van der Waals surface area (Å²) in [5, 5.41) is 4.53. The van der Waals surface area contributed by atoms with Gasteiger partial charge in [0, 0.05) is 35.6 Å². The maximum absolute atomic E-state index is 13.4. The summed E-state index contributed by atoms with van der Waals surface area (Å²) in [7, 11) is -2.21. The number of carbonyl (C=O) groups is 2. The number of amides is 2. The molecule has 2 aromatic heterocycles. The van der Waals surface area contributed by atoms with Gasteiger partial charge in [-0.1, -0.05) is 18.6 Å². The molecule has 2 aromatic carbocycles. The van der Waals surface area contributed by atoms with Crippen molar-refractivity contribution in [2.75, 3.05) is 32.1 Å². The minimum Gasteiger partial charge on any atom is -0.453 e. The first-order valence-corrected chi connectivity index (χ1v) is 16.2. The number of anilines is 1. The highest BCUT2D eigenvalue weighted by Gasteiger charge is 2.30. The van der Waals surface area contributed by atoms with Gasteiger partial charge in [-0.3, -0.25) is 4.79 Å². The van der Waals surface area contributed by atoms with Crippen LogP contribution in [0.1, 0.15) is 40.1 Å². The van der Waals surface area contributed by atoms with Gasteiger partial charge in [-0.25, -0.2) is 18.2 Å². The monoisotopic (exact) mass is 596 g/mol. The predicted octanol–water partition coefficient (Wildman–Crippen LogP) is 5.58. The highest BCUT2D eigenvalue weighted by molar-refractivity contribution is 7.89. The minimum atomic E-state index is -3.58. The van der Waals surface area contributed by atoms with Gasteiger partial charge in [0.1, 0.15) is 10.0 Å². The molecule has 2 aliphatic rings. The highest BCUT2D eigenvalue weighted by atomic mass is 32.2. The van der Waals surface area contributed by atoms with Crippen LogP contribution in [0.4, 0.5) is 9.80 Å². The molecule has 40 heavy (non-hydrogen) atoms. The Hall–Kier alpha value is -3.32. The van der Waals surface area contributed by atoms with Crippen LogP contribution in [-0.4, -0.2) is 61.4 Å². The number of methoxy groups -OCH3 is 1. The number of thiazole rings is 1. The molecule has 2 aliphatic heterocycles. The number of hydrogen-bond donors (Lipinski definition) is 1. The standard InChI is InChI=1S/C28H28N4O5S3/c1-37-28(34)31-16-13-20-23(17-31)39-27(24(20)26-29-21-7-3-4-8-22(21)38-26)30-25(33)18-9-11-19(12-10-18)40(35,36)32-14-5-2-6-15-32/h3-4,7-12H,2,5-6,13-17H2,1H3,(H,30,33). The van der Waals surface area contributed by atoms with E-state index in [-0.39, 0.29) is 16.9 Å². The molecule has 4 aromatic rings. The van der Waals surface area contributed by atoms with E-state index in [0.29, 0.717) is 43.2 Å². The molecule has 0 bridgehead atoms. The summed E-state index contributed by atoms with van der Waals surface area (Å²) < 4.78 is 33.5. The van der Waals surface area contributed by atoms with Crippen LogP contribution in [0, 0.1) is 0 Å². The normalized spacial score (nSPS) is 16.1. The zero-order valence-corrected chi connectivity index (χ0v) is 24.3. The summed E-state index contributed by atoms with van der Waals surface area (Å²) in [6.07, 6.45) is 2.99. The largest absolute Gasteiger partial charge is 0.453 e. The fraction of sp³-hybridized carbons (Fsp3) is 0.321. The maximum Gasteiger partial charge on any atom is 0.409 e. The van der Waals surface area contributed by atoms with E-state index in [9.17, 15) is 18.0 Å². The smallest absolute Gasteiger partial charge is 0.409 e. The van der Waals surface area contributed by atoms with Crippen LogP contribution in [0.2, 0.25) is 0 Å². The van der Waals surface area contributed by atoms with Crippen molar-refractivity contribution in [3.8, 4) is 10.6 Å². The Morgan fingerprint density at radius 3 is 2.45 bits per heavy atom. The van der Waals surface area contributed by atoms with E-state index in [2.05, 4.69) is 5.32 Å². The molecule has 9 nitrogen and oxygen atoms in total. The number of carbonyl (C=O) groups excluding carboxylic acids is 2. The molecular weight excluding hydrogens is 569 g/mol. The molecule has 0 saturated carbocycles. The summed E-state index contributed by atoms with van der Waals surface area (Å²) in [5.74, 6) is -0.340. The number of piperidine rings is 1. The SMILES string of the molecule is COC(=O)N1CCc2c(sc(NC(=O)c3ccc(S(=O)(=O)N4CCCCC4)cc3)c2-c2nc3ccccc3s2)C1. The van der Waals surface area contributed by atoms with E-state index >= 15 is 0 Å². The Morgan fingerprint density at radius 1 is 0.975 bits per heavy atom. The molecule has 208 valence electrons. The van der Waals surface area contributed by atoms with Crippen LogP contribution < -0.4 is 5.32 Å². The first kappa shape index (κ1) is 26.9. The highest BCUT2D eigenvalue weighted by Crippen LogP contribution is 2.46. The fourth-order valence-electron chi connectivity index (χ4n) is 5.19. The third-order valence-electron chi connectivity index (χ3n) is 7.29. The number of nitrogens with zero attached hydrogens (tertiary/aromatic N) is 3. The van der Waals surface area contributed by atoms with Crippen LogP contribution >= 0.6 is 22.7 Å². The number of rotatable bonds is 5. The topological polar surface area (TPSA) is 109 Å². The summed E-state index contributed by atoms with van der Waals surface area (Å²) in [6.45, 7) is 1.95. The molecule has 0 spiro atoms. The minimum absolute atomic E-state index is 0.190. The Kier molecular flexibility index (Phi) is 7.34. The van der Waals surface area contributed by atoms with Crippen LogP contribution in [0.15, 0.2) is 53.4 Å². The Morgan fingerprint density at radius 2 is 1.73 bits per heavy atom. The Bertz CT molecular complexity index is 1660. The molecule has 4 heterocycles. The van der Waals surface area contributed by atoms with Gasteiger partial charge in [0.15, 0.2) is 0 Å². The summed E-state index contributed by atoms with van der Waals surface area (Å²) >= 11 is 2.99. The van der Waals surface area contributed by atoms with Gasteiger partial charge in [0.2, 0.25) is 10.0 Å². The van der Waals surface area contributed by atoms with Crippen molar-refractivity contribution in [1.29, 1.82) is 0 Å². The van der Waals surface area contributed by atoms with E-state index in [1.807, 2.05) is 24.3 Å². The zero-order valence-electron chi connectivity index (χ0n) is 21.9. The third kappa shape index (κ3) is 5.00. The summed E-state index contributed by atoms with van der Waals surface area (Å²) in [4.78, 5) is 33.3. The van der Waals surface area contributed by atoms with Crippen molar-refractivity contribution < 1.29 is 22.7 Å². The lowest BCUT2D eigenvalue weighted by Crippen LogP contribution is -2.35.